The molecule has 0 fully saturated rings. The van der Waals surface area contributed by atoms with Crippen molar-refractivity contribution in [3.63, 3.8) is 0 Å². The summed E-state index contributed by atoms with van der Waals surface area (Å²) in [5.74, 6) is 1.09. The Morgan fingerprint density at radius 1 is 1.24 bits per heavy atom. The molecule has 1 aromatic rings. The highest BCUT2D eigenvalue weighted by Crippen LogP contribution is 2.27. The number of nitriles is 1. The second-order valence-corrected chi connectivity index (χ2v) is 3.16. The quantitative estimate of drug-likeness (QED) is 0.715. The highest BCUT2D eigenvalue weighted by Gasteiger charge is 2.05. The summed E-state index contributed by atoms with van der Waals surface area (Å²) in [7, 11) is 1.52. The Labute approximate surface area is 100 Å². The van der Waals surface area contributed by atoms with Crippen molar-refractivity contribution in [2.75, 3.05) is 33.5 Å². The lowest BCUT2D eigenvalue weighted by Crippen LogP contribution is -2.09. The van der Waals surface area contributed by atoms with Crippen molar-refractivity contribution in [1.82, 2.24) is 0 Å². The first-order valence-electron chi connectivity index (χ1n) is 5.21. The molecule has 0 radical (unpaired) electrons. The average molecular weight is 237 g/mol. The van der Waals surface area contributed by atoms with Crippen LogP contribution >= 0.6 is 0 Å². The van der Waals surface area contributed by atoms with Gasteiger partial charge < -0.3 is 19.3 Å². The Morgan fingerprint density at radius 3 is 2.71 bits per heavy atom. The predicted octanol–water partition coefficient (Wildman–Crippen LogP) is 0.955. The van der Waals surface area contributed by atoms with E-state index in [0.29, 0.717) is 36.9 Å². The van der Waals surface area contributed by atoms with Crippen LogP contribution in [-0.4, -0.2) is 38.6 Å². The van der Waals surface area contributed by atoms with Crippen LogP contribution in [0.5, 0.6) is 11.5 Å². The van der Waals surface area contributed by atoms with Gasteiger partial charge in [-0.1, -0.05) is 0 Å². The van der Waals surface area contributed by atoms with E-state index in [4.69, 9.17) is 24.6 Å². The molecule has 0 aliphatic heterocycles. The SMILES string of the molecule is COc1cc(C#N)ccc1OCCOCCO. The van der Waals surface area contributed by atoms with Crippen LogP contribution in [0.4, 0.5) is 0 Å². The number of nitrogens with zero attached hydrogens (tertiary/aromatic N) is 1. The Kier molecular flexibility index (Phi) is 5.86. The molecule has 1 N–H and O–H groups in total. The summed E-state index contributed by atoms with van der Waals surface area (Å²) < 4.78 is 15.6. The fraction of sp³-hybridized carbons (Fsp3) is 0.417. The van der Waals surface area contributed by atoms with Gasteiger partial charge in [0, 0.05) is 6.07 Å². The van der Waals surface area contributed by atoms with E-state index in [2.05, 4.69) is 0 Å². The predicted molar refractivity (Wildman–Crippen MR) is 61.1 cm³/mol. The van der Waals surface area contributed by atoms with Gasteiger partial charge in [-0.2, -0.15) is 5.26 Å². The summed E-state index contributed by atoms with van der Waals surface area (Å²) in [6, 6.07) is 6.98. The van der Waals surface area contributed by atoms with Crippen LogP contribution in [0.2, 0.25) is 0 Å². The molecule has 0 unspecified atom stereocenters. The lowest BCUT2D eigenvalue weighted by atomic mass is 10.2. The van der Waals surface area contributed by atoms with Crippen molar-refractivity contribution in [2.45, 2.75) is 0 Å². The summed E-state index contributed by atoms with van der Waals surface area (Å²) >= 11 is 0. The maximum Gasteiger partial charge on any atom is 0.162 e. The van der Waals surface area contributed by atoms with Gasteiger partial charge in [0.2, 0.25) is 0 Å². The third-order valence-corrected chi connectivity index (χ3v) is 2.01. The second kappa shape index (κ2) is 7.49. The zero-order chi connectivity index (χ0) is 12.5. The number of aliphatic hydroxyl groups excluding tert-OH is 1. The van der Waals surface area contributed by atoms with E-state index in [0.717, 1.165) is 0 Å². The summed E-state index contributed by atoms with van der Waals surface area (Å²) in [6.07, 6.45) is 0. The van der Waals surface area contributed by atoms with Crippen molar-refractivity contribution in [2.24, 2.45) is 0 Å². The maximum atomic E-state index is 8.73. The minimum atomic E-state index is 0.000186. The zero-order valence-electron chi connectivity index (χ0n) is 9.68. The maximum absolute atomic E-state index is 8.73. The Balaban J connectivity index is 2.50. The van der Waals surface area contributed by atoms with Crippen molar-refractivity contribution in [1.29, 1.82) is 5.26 Å². The molecule has 0 heterocycles. The summed E-state index contributed by atoms with van der Waals surface area (Å²) in [6.45, 7) is 1.06. The molecule has 1 aromatic carbocycles. The average Bonchev–Trinajstić information content (AvgIpc) is 2.38. The Morgan fingerprint density at radius 2 is 2.06 bits per heavy atom. The van der Waals surface area contributed by atoms with Crippen LogP contribution in [0, 0.1) is 11.3 Å². The van der Waals surface area contributed by atoms with Gasteiger partial charge in [-0.05, 0) is 12.1 Å². The largest absolute Gasteiger partial charge is 0.493 e. The number of benzene rings is 1. The van der Waals surface area contributed by atoms with Gasteiger partial charge in [-0.25, -0.2) is 0 Å². The molecule has 0 saturated carbocycles. The highest BCUT2D eigenvalue weighted by molar-refractivity contribution is 5.46. The molecular weight excluding hydrogens is 222 g/mol. The van der Waals surface area contributed by atoms with Gasteiger partial charge in [-0.15, -0.1) is 0 Å². The lowest BCUT2D eigenvalue weighted by molar-refractivity contribution is 0.0699. The molecule has 92 valence electrons. The number of hydrogen-bond donors (Lipinski definition) is 1. The van der Waals surface area contributed by atoms with Crippen LogP contribution in [0.1, 0.15) is 5.56 Å². The fourth-order valence-electron chi connectivity index (χ4n) is 1.23. The third kappa shape index (κ3) is 4.31. The normalized spacial score (nSPS) is 9.71. The Bertz CT molecular complexity index is 387. The van der Waals surface area contributed by atoms with Crippen molar-refractivity contribution < 1.29 is 19.3 Å². The van der Waals surface area contributed by atoms with E-state index >= 15 is 0 Å². The van der Waals surface area contributed by atoms with E-state index < -0.39 is 0 Å². The van der Waals surface area contributed by atoms with Crippen LogP contribution in [0.3, 0.4) is 0 Å². The molecule has 5 nitrogen and oxygen atoms in total. The van der Waals surface area contributed by atoms with E-state index in [9.17, 15) is 0 Å². The second-order valence-electron chi connectivity index (χ2n) is 3.16. The highest BCUT2D eigenvalue weighted by atomic mass is 16.5. The van der Waals surface area contributed by atoms with Gasteiger partial charge >= 0.3 is 0 Å². The molecule has 1 rings (SSSR count). The van der Waals surface area contributed by atoms with Gasteiger partial charge in [0.1, 0.15) is 6.61 Å². The molecule has 0 atom stereocenters. The lowest BCUT2D eigenvalue weighted by Gasteiger charge is -2.10. The topological polar surface area (TPSA) is 71.7 Å². The molecular formula is C12H15NO4. The van der Waals surface area contributed by atoms with Gasteiger partial charge in [0.05, 0.1) is 38.6 Å². The molecule has 0 amide bonds. The summed E-state index contributed by atoms with van der Waals surface area (Å²) in [5, 5.41) is 17.2. The van der Waals surface area contributed by atoms with E-state index in [-0.39, 0.29) is 6.61 Å². The molecule has 0 bridgehead atoms. The number of ether oxygens (including phenoxy) is 3. The fourth-order valence-corrected chi connectivity index (χ4v) is 1.23. The van der Waals surface area contributed by atoms with Gasteiger partial charge in [0.15, 0.2) is 11.5 Å². The summed E-state index contributed by atoms with van der Waals surface area (Å²) in [5.41, 5.74) is 0.519. The first-order chi connectivity index (χ1) is 8.31. The molecule has 0 aromatic heterocycles. The van der Waals surface area contributed by atoms with Crippen molar-refractivity contribution in [3.05, 3.63) is 23.8 Å². The number of hydrogen-bond acceptors (Lipinski definition) is 5. The van der Waals surface area contributed by atoms with E-state index in [1.807, 2.05) is 6.07 Å². The first-order valence-corrected chi connectivity index (χ1v) is 5.21. The number of aliphatic hydroxyl groups is 1. The minimum Gasteiger partial charge on any atom is -0.493 e. The van der Waals surface area contributed by atoms with Gasteiger partial charge in [-0.3, -0.25) is 0 Å². The number of methoxy groups -OCH3 is 1. The van der Waals surface area contributed by atoms with Crippen LogP contribution in [0.25, 0.3) is 0 Å². The number of rotatable bonds is 7. The van der Waals surface area contributed by atoms with Crippen molar-refractivity contribution in [3.8, 4) is 17.6 Å². The standard InChI is InChI=1S/C12H15NO4/c1-15-12-8-10(9-13)2-3-11(12)17-7-6-16-5-4-14/h2-3,8,14H,4-7H2,1H3. The molecule has 0 spiro atoms. The molecule has 0 aliphatic carbocycles. The molecule has 5 heteroatoms. The monoisotopic (exact) mass is 237 g/mol. The third-order valence-electron chi connectivity index (χ3n) is 2.01. The Hall–Kier alpha value is -1.77. The smallest absolute Gasteiger partial charge is 0.162 e. The van der Waals surface area contributed by atoms with Crippen LogP contribution < -0.4 is 9.47 Å². The van der Waals surface area contributed by atoms with Crippen LogP contribution in [-0.2, 0) is 4.74 Å². The van der Waals surface area contributed by atoms with Crippen molar-refractivity contribution >= 4 is 0 Å². The minimum absolute atomic E-state index is 0.000186. The van der Waals surface area contributed by atoms with Gasteiger partial charge in [0.25, 0.3) is 0 Å². The molecule has 0 saturated heterocycles. The molecule has 0 aliphatic rings. The van der Waals surface area contributed by atoms with E-state index in [1.54, 1.807) is 18.2 Å². The summed E-state index contributed by atoms with van der Waals surface area (Å²) in [4.78, 5) is 0. The van der Waals surface area contributed by atoms with Crippen LogP contribution in [0.15, 0.2) is 18.2 Å². The zero-order valence-corrected chi connectivity index (χ0v) is 9.68. The molecule has 17 heavy (non-hydrogen) atoms. The van der Waals surface area contributed by atoms with E-state index in [1.165, 1.54) is 7.11 Å². The first kappa shape index (κ1) is 13.3.